The maximum absolute atomic E-state index is 11.1. The van der Waals surface area contributed by atoms with Crippen molar-refractivity contribution >= 4 is 45.8 Å². The Labute approximate surface area is 122 Å². The summed E-state index contributed by atoms with van der Waals surface area (Å²) in [7, 11) is 0. The van der Waals surface area contributed by atoms with Crippen LogP contribution in [0.25, 0.3) is 4.96 Å². The Morgan fingerprint density at radius 3 is 2.89 bits per heavy atom. The Hall–Kier alpha value is -1.56. The minimum atomic E-state index is 0.250. The number of aldehydes is 1. The average molecular weight is 313 g/mol. The first-order valence-corrected chi connectivity index (χ1v) is 6.86. The molecule has 19 heavy (non-hydrogen) atoms. The van der Waals surface area contributed by atoms with Gasteiger partial charge in [0.05, 0.1) is 10.0 Å². The number of imidazole rings is 1. The molecular formula is C12H6Cl2N2O2S. The van der Waals surface area contributed by atoms with E-state index in [4.69, 9.17) is 27.9 Å². The van der Waals surface area contributed by atoms with Crippen molar-refractivity contribution in [1.82, 2.24) is 9.38 Å². The second kappa shape index (κ2) is 4.85. The molecule has 0 atom stereocenters. The lowest BCUT2D eigenvalue weighted by Crippen LogP contribution is -1.91. The fourth-order valence-electron chi connectivity index (χ4n) is 1.62. The van der Waals surface area contributed by atoms with Crippen molar-refractivity contribution in [1.29, 1.82) is 0 Å². The number of hydrogen-bond donors (Lipinski definition) is 0. The lowest BCUT2D eigenvalue weighted by molar-refractivity contribution is 0.111. The van der Waals surface area contributed by atoms with Gasteiger partial charge in [-0.25, -0.2) is 0 Å². The zero-order valence-corrected chi connectivity index (χ0v) is 11.7. The van der Waals surface area contributed by atoms with Crippen LogP contribution in [0.4, 0.5) is 0 Å². The minimum Gasteiger partial charge on any atom is -0.437 e. The van der Waals surface area contributed by atoms with Gasteiger partial charge in [0, 0.05) is 17.6 Å². The highest BCUT2D eigenvalue weighted by Gasteiger charge is 2.14. The van der Waals surface area contributed by atoms with Crippen LogP contribution >= 0.6 is 34.5 Å². The van der Waals surface area contributed by atoms with Gasteiger partial charge in [-0.1, -0.05) is 23.2 Å². The van der Waals surface area contributed by atoms with Gasteiger partial charge in [-0.2, -0.15) is 4.98 Å². The van der Waals surface area contributed by atoms with Crippen molar-refractivity contribution in [2.45, 2.75) is 0 Å². The third-order valence-electron chi connectivity index (χ3n) is 2.48. The summed E-state index contributed by atoms with van der Waals surface area (Å²) in [5, 5.41) is 2.67. The number of halogens is 2. The number of benzene rings is 1. The van der Waals surface area contributed by atoms with Gasteiger partial charge in [0.1, 0.15) is 5.75 Å². The van der Waals surface area contributed by atoms with E-state index in [0.717, 1.165) is 0 Å². The Balaban J connectivity index is 2.02. The van der Waals surface area contributed by atoms with Crippen LogP contribution in [-0.2, 0) is 0 Å². The molecule has 0 fully saturated rings. The average Bonchev–Trinajstić information content (AvgIpc) is 2.94. The molecule has 0 aliphatic heterocycles. The van der Waals surface area contributed by atoms with Crippen LogP contribution in [0.1, 0.15) is 10.5 Å². The van der Waals surface area contributed by atoms with Crippen molar-refractivity contribution in [3.05, 3.63) is 45.5 Å². The van der Waals surface area contributed by atoms with E-state index in [0.29, 0.717) is 32.7 Å². The molecule has 0 radical (unpaired) electrons. The van der Waals surface area contributed by atoms with Gasteiger partial charge < -0.3 is 4.74 Å². The van der Waals surface area contributed by atoms with Crippen molar-refractivity contribution in [2.24, 2.45) is 0 Å². The van der Waals surface area contributed by atoms with Gasteiger partial charge in [0.2, 0.25) is 5.88 Å². The second-order valence-electron chi connectivity index (χ2n) is 3.65. The van der Waals surface area contributed by atoms with E-state index in [1.807, 2.05) is 5.38 Å². The summed E-state index contributed by atoms with van der Waals surface area (Å²) in [4.78, 5) is 16.1. The van der Waals surface area contributed by atoms with Gasteiger partial charge in [-0.3, -0.25) is 9.20 Å². The van der Waals surface area contributed by atoms with Crippen LogP contribution in [0.3, 0.4) is 0 Å². The molecule has 0 N–H and O–H groups in total. The number of aromatic nitrogens is 2. The fourth-order valence-corrected chi connectivity index (χ4v) is 2.62. The maximum Gasteiger partial charge on any atom is 0.250 e. The van der Waals surface area contributed by atoms with Crippen molar-refractivity contribution in [2.75, 3.05) is 0 Å². The molecular weight excluding hydrogens is 307 g/mol. The highest BCUT2D eigenvalue weighted by Crippen LogP contribution is 2.31. The third kappa shape index (κ3) is 2.20. The Morgan fingerprint density at radius 1 is 1.32 bits per heavy atom. The number of hydrogen-bond acceptors (Lipinski definition) is 4. The number of carbonyl (C=O) groups excluding carboxylic acids is 1. The standard InChI is InChI=1S/C12H6Cl2N2O2S/c13-8-2-1-7(5-9(8)14)18-11-10(6-17)16-3-4-19-12(16)15-11/h1-6H. The molecule has 7 heteroatoms. The van der Waals surface area contributed by atoms with E-state index < -0.39 is 0 Å². The minimum absolute atomic E-state index is 0.250. The zero-order valence-electron chi connectivity index (χ0n) is 9.34. The second-order valence-corrected chi connectivity index (χ2v) is 5.34. The molecule has 0 aliphatic carbocycles. The number of ether oxygens (including phenoxy) is 1. The zero-order chi connectivity index (χ0) is 13.4. The number of thiazole rings is 1. The van der Waals surface area contributed by atoms with Crippen LogP contribution in [-0.4, -0.2) is 15.7 Å². The molecule has 2 aromatic heterocycles. The van der Waals surface area contributed by atoms with Crippen LogP contribution in [0.5, 0.6) is 11.6 Å². The van der Waals surface area contributed by atoms with Crippen LogP contribution in [0, 0.1) is 0 Å². The highest BCUT2D eigenvalue weighted by atomic mass is 35.5. The molecule has 0 aliphatic rings. The van der Waals surface area contributed by atoms with Crippen molar-refractivity contribution < 1.29 is 9.53 Å². The van der Waals surface area contributed by atoms with Crippen LogP contribution in [0.15, 0.2) is 29.8 Å². The van der Waals surface area contributed by atoms with E-state index >= 15 is 0 Å². The third-order valence-corrected chi connectivity index (χ3v) is 3.98. The first-order valence-electron chi connectivity index (χ1n) is 5.22. The smallest absolute Gasteiger partial charge is 0.250 e. The number of fused-ring (bicyclic) bond motifs is 1. The van der Waals surface area contributed by atoms with Crippen LogP contribution < -0.4 is 4.74 Å². The predicted octanol–water partition coefficient (Wildman–Crippen LogP) is 4.31. The quantitative estimate of drug-likeness (QED) is 0.677. The number of rotatable bonds is 3. The largest absolute Gasteiger partial charge is 0.437 e. The Kier molecular flexibility index (Phi) is 3.18. The molecule has 0 bridgehead atoms. The summed E-state index contributed by atoms with van der Waals surface area (Å²) in [6.07, 6.45) is 2.47. The van der Waals surface area contributed by atoms with E-state index in [1.165, 1.54) is 11.3 Å². The van der Waals surface area contributed by atoms with Gasteiger partial charge >= 0.3 is 0 Å². The van der Waals surface area contributed by atoms with Gasteiger partial charge in [-0.05, 0) is 12.1 Å². The Bertz CT molecular complexity index is 766. The summed E-state index contributed by atoms with van der Waals surface area (Å²) in [6.45, 7) is 0. The molecule has 4 nitrogen and oxygen atoms in total. The van der Waals surface area contributed by atoms with Crippen molar-refractivity contribution in [3.8, 4) is 11.6 Å². The molecule has 0 spiro atoms. The maximum atomic E-state index is 11.1. The van der Waals surface area contributed by atoms with Crippen molar-refractivity contribution in [3.63, 3.8) is 0 Å². The van der Waals surface area contributed by atoms with Gasteiger partial charge in [-0.15, -0.1) is 11.3 Å². The SMILES string of the molecule is O=Cc1c(Oc2ccc(Cl)c(Cl)c2)nc2sccn12. The Morgan fingerprint density at radius 2 is 2.16 bits per heavy atom. The fraction of sp³-hybridized carbons (Fsp3) is 0. The lowest BCUT2D eigenvalue weighted by Gasteiger charge is -2.04. The normalized spacial score (nSPS) is 10.8. The lowest BCUT2D eigenvalue weighted by atomic mass is 10.3. The van der Waals surface area contributed by atoms with Gasteiger partial charge in [0.25, 0.3) is 0 Å². The first kappa shape index (κ1) is 12.5. The topological polar surface area (TPSA) is 43.6 Å². The predicted molar refractivity (Wildman–Crippen MR) is 75.0 cm³/mol. The molecule has 0 unspecified atom stereocenters. The van der Waals surface area contributed by atoms with E-state index in [1.54, 1.807) is 28.8 Å². The molecule has 0 saturated heterocycles. The highest BCUT2D eigenvalue weighted by molar-refractivity contribution is 7.15. The summed E-state index contributed by atoms with van der Waals surface area (Å²) in [6, 6.07) is 4.86. The molecule has 0 saturated carbocycles. The summed E-state index contributed by atoms with van der Waals surface area (Å²) in [5.74, 6) is 0.725. The molecule has 96 valence electrons. The molecule has 1 aromatic carbocycles. The summed E-state index contributed by atoms with van der Waals surface area (Å²) >= 11 is 13.2. The van der Waals surface area contributed by atoms with Gasteiger partial charge in [0.15, 0.2) is 16.9 Å². The first-order chi connectivity index (χ1) is 9.19. The molecule has 3 rings (SSSR count). The number of carbonyl (C=O) groups is 1. The molecule has 3 aromatic rings. The van der Waals surface area contributed by atoms with E-state index in [9.17, 15) is 4.79 Å². The monoisotopic (exact) mass is 312 g/mol. The van der Waals surface area contributed by atoms with Crippen LogP contribution in [0.2, 0.25) is 10.0 Å². The molecule has 0 amide bonds. The van der Waals surface area contributed by atoms with E-state index in [-0.39, 0.29) is 5.88 Å². The van der Waals surface area contributed by atoms with E-state index in [2.05, 4.69) is 4.98 Å². The molecule has 2 heterocycles. The number of nitrogens with zero attached hydrogens (tertiary/aromatic N) is 2. The summed E-state index contributed by atoms with van der Waals surface area (Å²) < 4.78 is 7.25. The summed E-state index contributed by atoms with van der Waals surface area (Å²) in [5.41, 5.74) is 0.363.